The van der Waals surface area contributed by atoms with Gasteiger partial charge in [0.2, 0.25) is 5.91 Å². The summed E-state index contributed by atoms with van der Waals surface area (Å²) in [5, 5.41) is 19.5. The molecule has 0 spiro atoms. The molecule has 0 saturated carbocycles. The Bertz CT molecular complexity index is 891. The van der Waals surface area contributed by atoms with Crippen molar-refractivity contribution < 1.29 is 4.79 Å². The highest BCUT2D eigenvalue weighted by atomic mass is 32.2. The van der Waals surface area contributed by atoms with E-state index in [2.05, 4.69) is 22.1 Å². The zero-order valence-electron chi connectivity index (χ0n) is 14.6. The molecular formula is C18H19N5OS2. The van der Waals surface area contributed by atoms with Crippen LogP contribution in [0.3, 0.4) is 0 Å². The molecule has 1 aliphatic carbocycles. The maximum absolute atomic E-state index is 12.6. The van der Waals surface area contributed by atoms with E-state index in [1.54, 1.807) is 16.2 Å². The molecule has 26 heavy (non-hydrogen) atoms. The molecule has 1 amide bonds. The van der Waals surface area contributed by atoms with Crippen LogP contribution in [0.4, 0.5) is 0 Å². The number of thioether (sulfide) groups is 1. The number of carbonyl (C=O) groups excluding carboxylic acids is 1. The summed E-state index contributed by atoms with van der Waals surface area (Å²) in [5.74, 6) is 0.919. The molecule has 2 heterocycles. The van der Waals surface area contributed by atoms with Crippen molar-refractivity contribution in [3.63, 3.8) is 0 Å². The molecule has 0 aromatic carbocycles. The number of hydrogen-bond donors (Lipinski definition) is 0. The molecule has 0 atom stereocenters. The molecule has 0 radical (unpaired) electrons. The predicted octanol–water partition coefficient (Wildman–Crippen LogP) is 3.24. The quantitative estimate of drug-likeness (QED) is 0.536. The maximum Gasteiger partial charge on any atom is 0.233 e. The van der Waals surface area contributed by atoms with E-state index >= 15 is 0 Å². The fourth-order valence-corrected chi connectivity index (χ4v) is 5.50. The van der Waals surface area contributed by atoms with E-state index in [1.807, 2.05) is 6.92 Å². The molecule has 0 unspecified atom stereocenters. The topological polar surface area (TPSA) is 93.7 Å². The van der Waals surface area contributed by atoms with Crippen LogP contribution in [0, 0.1) is 29.6 Å². The summed E-state index contributed by atoms with van der Waals surface area (Å²) >= 11 is 3.18. The van der Waals surface area contributed by atoms with Crippen molar-refractivity contribution in [2.75, 3.05) is 18.8 Å². The normalized spacial score (nSPS) is 12.6. The highest BCUT2D eigenvalue weighted by Gasteiger charge is 2.23. The number of amides is 1. The largest absolute Gasteiger partial charge is 0.340 e. The van der Waals surface area contributed by atoms with Crippen LogP contribution < -0.4 is 0 Å². The Morgan fingerprint density at radius 1 is 1.23 bits per heavy atom. The predicted molar refractivity (Wildman–Crippen MR) is 102 cm³/mol. The van der Waals surface area contributed by atoms with E-state index in [0.717, 1.165) is 33.9 Å². The number of nitrogens with zero attached hydrogens (tertiary/aromatic N) is 5. The van der Waals surface area contributed by atoms with Crippen LogP contribution in [0.25, 0.3) is 10.2 Å². The lowest BCUT2D eigenvalue weighted by molar-refractivity contribution is -0.128. The Kier molecular flexibility index (Phi) is 6.08. The van der Waals surface area contributed by atoms with Crippen molar-refractivity contribution in [2.24, 2.45) is 0 Å². The average molecular weight is 386 g/mol. The minimum atomic E-state index is -0.0585. The summed E-state index contributed by atoms with van der Waals surface area (Å²) in [6.45, 7) is 2.61. The van der Waals surface area contributed by atoms with E-state index in [9.17, 15) is 4.79 Å². The molecule has 8 heteroatoms. The minimum absolute atomic E-state index is 0.0585. The van der Waals surface area contributed by atoms with Gasteiger partial charge in [-0.3, -0.25) is 4.79 Å². The summed E-state index contributed by atoms with van der Waals surface area (Å²) in [6, 6.07) is 4.11. The van der Waals surface area contributed by atoms with Gasteiger partial charge in [0.1, 0.15) is 15.7 Å². The number of carbonyl (C=O) groups is 1. The minimum Gasteiger partial charge on any atom is -0.340 e. The molecule has 1 aliphatic rings. The molecule has 0 saturated heterocycles. The van der Waals surface area contributed by atoms with Crippen LogP contribution in [-0.4, -0.2) is 39.6 Å². The third-order valence-corrected chi connectivity index (χ3v) is 6.46. The summed E-state index contributed by atoms with van der Waals surface area (Å²) in [4.78, 5) is 25.7. The molecule has 0 N–H and O–H groups in total. The fraction of sp³-hybridized carbons (Fsp3) is 0.500. The first-order valence-corrected chi connectivity index (χ1v) is 10.4. The second-order valence-corrected chi connectivity index (χ2v) is 8.15. The Labute approximate surface area is 160 Å². The van der Waals surface area contributed by atoms with Crippen molar-refractivity contribution in [2.45, 2.75) is 44.1 Å². The summed E-state index contributed by atoms with van der Waals surface area (Å²) in [7, 11) is 0. The van der Waals surface area contributed by atoms with Crippen LogP contribution in [0.2, 0.25) is 0 Å². The van der Waals surface area contributed by atoms with Crippen LogP contribution in [0.1, 0.15) is 35.5 Å². The zero-order valence-corrected chi connectivity index (χ0v) is 16.3. The van der Waals surface area contributed by atoms with Crippen molar-refractivity contribution >= 4 is 39.2 Å². The lowest BCUT2D eigenvalue weighted by Crippen LogP contribution is -2.34. The van der Waals surface area contributed by atoms with Gasteiger partial charge in [-0.15, -0.1) is 11.3 Å². The number of fused-ring (bicyclic) bond motifs is 3. The van der Waals surface area contributed by atoms with Gasteiger partial charge in [0.05, 0.1) is 30.7 Å². The second-order valence-electron chi connectivity index (χ2n) is 6.10. The fourth-order valence-electron chi connectivity index (χ4n) is 3.12. The molecular weight excluding hydrogens is 366 g/mol. The van der Waals surface area contributed by atoms with Gasteiger partial charge >= 0.3 is 0 Å². The number of aryl methyl sites for hydroxylation is 3. The van der Waals surface area contributed by atoms with Crippen molar-refractivity contribution in [1.82, 2.24) is 14.9 Å². The number of thiophene rings is 1. The molecule has 2 aromatic heterocycles. The summed E-state index contributed by atoms with van der Waals surface area (Å²) in [6.07, 6.45) is 3.88. The molecule has 2 aromatic rings. The van der Waals surface area contributed by atoms with Gasteiger partial charge in [-0.05, 0) is 31.7 Å². The summed E-state index contributed by atoms with van der Waals surface area (Å²) < 4.78 is 0. The smallest absolute Gasteiger partial charge is 0.233 e. The number of aromatic nitrogens is 2. The van der Waals surface area contributed by atoms with E-state index in [0.29, 0.717) is 13.1 Å². The standard InChI is InChI=1S/C18H19N5OS2/c1-12-21-17(16-13-5-2-6-14(13)26-18(16)22-12)25-11-15(24)23(9-3-7-19)10-4-8-20/h2-6,9-11H2,1H3. The third kappa shape index (κ3) is 3.98. The van der Waals surface area contributed by atoms with Gasteiger partial charge < -0.3 is 4.90 Å². The lowest BCUT2D eigenvalue weighted by Gasteiger charge is -2.20. The van der Waals surface area contributed by atoms with Crippen LogP contribution in [0.15, 0.2) is 5.03 Å². The molecule has 134 valence electrons. The highest BCUT2D eigenvalue weighted by molar-refractivity contribution is 8.00. The van der Waals surface area contributed by atoms with Crippen LogP contribution in [0.5, 0.6) is 0 Å². The van der Waals surface area contributed by atoms with E-state index in [-0.39, 0.29) is 24.5 Å². The summed E-state index contributed by atoms with van der Waals surface area (Å²) in [5.41, 5.74) is 1.35. The average Bonchev–Trinajstić information content (AvgIpc) is 3.20. The second kappa shape index (κ2) is 8.48. The number of nitriles is 2. The zero-order chi connectivity index (χ0) is 18.5. The van der Waals surface area contributed by atoms with Crippen molar-refractivity contribution in [3.8, 4) is 12.1 Å². The molecule has 0 fully saturated rings. The van der Waals surface area contributed by atoms with E-state index in [4.69, 9.17) is 10.5 Å². The monoisotopic (exact) mass is 385 g/mol. The molecule has 6 nitrogen and oxygen atoms in total. The van der Waals surface area contributed by atoms with Gasteiger partial charge in [0.15, 0.2) is 0 Å². The van der Waals surface area contributed by atoms with Gasteiger partial charge in [-0.25, -0.2) is 9.97 Å². The van der Waals surface area contributed by atoms with Gasteiger partial charge in [-0.1, -0.05) is 11.8 Å². The van der Waals surface area contributed by atoms with Crippen LogP contribution >= 0.6 is 23.1 Å². The van der Waals surface area contributed by atoms with E-state index < -0.39 is 0 Å². The van der Waals surface area contributed by atoms with Crippen LogP contribution in [-0.2, 0) is 17.6 Å². The molecule has 0 bridgehead atoms. The van der Waals surface area contributed by atoms with Gasteiger partial charge in [0.25, 0.3) is 0 Å². The Balaban J connectivity index is 1.77. The van der Waals surface area contributed by atoms with Crippen molar-refractivity contribution in [3.05, 3.63) is 16.3 Å². The Morgan fingerprint density at radius 2 is 1.96 bits per heavy atom. The number of rotatable bonds is 7. The highest BCUT2D eigenvalue weighted by Crippen LogP contribution is 2.40. The maximum atomic E-state index is 12.6. The molecule has 3 rings (SSSR count). The first kappa shape index (κ1) is 18.6. The molecule has 0 aliphatic heterocycles. The van der Waals surface area contributed by atoms with Gasteiger partial charge in [-0.2, -0.15) is 10.5 Å². The first-order valence-electron chi connectivity index (χ1n) is 8.57. The van der Waals surface area contributed by atoms with Gasteiger partial charge in [0, 0.05) is 23.4 Å². The Morgan fingerprint density at radius 3 is 2.65 bits per heavy atom. The van der Waals surface area contributed by atoms with Crippen molar-refractivity contribution in [1.29, 1.82) is 10.5 Å². The van der Waals surface area contributed by atoms with E-state index in [1.165, 1.54) is 28.6 Å². The SMILES string of the molecule is Cc1nc(SCC(=O)N(CCC#N)CCC#N)c2c3c(sc2n1)CCC3. The Hall–Kier alpha value is -2.16. The lowest BCUT2D eigenvalue weighted by atomic mass is 10.2. The first-order chi connectivity index (χ1) is 12.6. The third-order valence-electron chi connectivity index (χ3n) is 4.32. The number of hydrogen-bond acceptors (Lipinski definition) is 7.